The highest BCUT2D eigenvalue weighted by atomic mass is 19.4. The lowest BCUT2D eigenvalue weighted by Gasteiger charge is -2.16. The topological polar surface area (TPSA) is 38.8 Å². The Hall–Kier alpha value is -1.76. The van der Waals surface area contributed by atoms with Gasteiger partial charge in [0, 0.05) is 13.1 Å². The summed E-state index contributed by atoms with van der Waals surface area (Å²) in [5.41, 5.74) is 0.826. The van der Waals surface area contributed by atoms with E-state index < -0.39 is 6.36 Å². The second-order valence-electron chi connectivity index (χ2n) is 4.26. The van der Waals surface area contributed by atoms with Crippen LogP contribution in [0.4, 0.5) is 13.2 Å². The number of halogens is 3. The van der Waals surface area contributed by atoms with Gasteiger partial charge < -0.3 is 14.4 Å². The van der Waals surface area contributed by atoms with Crippen molar-refractivity contribution in [2.24, 2.45) is 0 Å². The maximum absolute atomic E-state index is 12.0. The van der Waals surface area contributed by atoms with Gasteiger partial charge in [-0.25, -0.2) is 0 Å². The molecule has 0 saturated carbocycles. The van der Waals surface area contributed by atoms with E-state index in [1.54, 1.807) is 12.1 Å². The second-order valence-corrected chi connectivity index (χ2v) is 4.26. The highest BCUT2D eigenvalue weighted by Gasteiger charge is 2.30. The van der Waals surface area contributed by atoms with Gasteiger partial charge in [-0.05, 0) is 24.7 Å². The first-order chi connectivity index (χ1) is 9.30. The van der Waals surface area contributed by atoms with Crippen LogP contribution in [-0.2, 0) is 16.1 Å². The van der Waals surface area contributed by atoms with Crippen LogP contribution in [0.1, 0.15) is 12.0 Å². The second kappa shape index (κ2) is 7.14. The van der Waals surface area contributed by atoms with Crippen LogP contribution in [0, 0.1) is 0 Å². The monoisotopic (exact) mass is 291 g/mol. The van der Waals surface area contributed by atoms with Crippen LogP contribution in [0.15, 0.2) is 24.3 Å². The number of carbonyl (C=O) groups is 1. The molecule has 0 aliphatic heterocycles. The van der Waals surface area contributed by atoms with Crippen molar-refractivity contribution in [2.45, 2.75) is 19.3 Å². The molecule has 0 bridgehead atoms. The van der Waals surface area contributed by atoms with Gasteiger partial charge in [-0.15, -0.1) is 13.2 Å². The molecule has 0 N–H and O–H groups in total. The number of hydrogen-bond donors (Lipinski definition) is 0. The molecular weight excluding hydrogens is 275 g/mol. The van der Waals surface area contributed by atoms with E-state index in [1.807, 2.05) is 11.9 Å². The van der Waals surface area contributed by atoms with Crippen molar-refractivity contribution in [3.63, 3.8) is 0 Å². The van der Waals surface area contributed by atoms with E-state index >= 15 is 0 Å². The summed E-state index contributed by atoms with van der Waals surface area (Å²) in [6.07, 6.45) is -4.42. The minimum atomic E-state index is -4.68. The highest BCUT2D eigenvalue weighted by molar-refractivity contribution is 5.69. The zero-order valence-electron chi connectivity index (χ0n) is 11.2. The first-order valence-corrected chi connectivity index (χ1v) is 5.90. The Labute approximate surface area is 115 Å². The van der Waals surface area contributed by atoms with E-state index in [1.165, 1.54) is 19.2 Å². The van der Waals surface area contributed by atoms with Crippen molar-refractivity contribution in [1.29, 1.82) is 0 Å². The third-order valence-electron chi connectivity index (χ3n) is 2.53. The van der Waals surface area contributed by atoms with Gasteiger partial charge in [0.2, 0.25) is 0 Å². The molecule has 0 atom stereocenters. The number of benzene rings is 1. The molecule has 0 heterocycles. The molecule has 7 heteroatoms. The summed E-state index contributed by atoms with van der Waals surface area (Å²) in [5, 5.41) is 0. The fraction of sp³-hybridized carbons (Fsp3) is 0.462. The van der Waals surface area contributed by atoms with Gasteiger partial charge in [-0.1, -0.05) is 12.1 Å². The molecule has 0 saturated heterocycles. The van der Waals surface area contributed by atoms with Crippen LogP contribution in [-0.4, -0.2) is 37.9 Å². The summed E-state index contributed by atoms with van der Waals surface area (Å²) in [6.45, 7) is 1.02. The third-order valence-corrected chi connectivity index (χ3v) is 2.53. The molecule has 1 aromatic carbocycles. The predicted molar refractivity (Wildman–Crippen MR) is 66.1 cm³/mol. The maximum Gasteiger partial charge on any atom is 0.573 e. The summed E-state index contributed by atoms with van der Waals surface area (Å²) in [6, 6.07) is 5.62. The van der Waals surface area contributed by atoms with Crippen LogP contribution in [0.3, 0.4) is 0 Å². The average Bonchev–Trinajstić information content (AvgIpc) is 2.36. The molecule has 112 valence electrons. The Morgan fingerprint density at radius 2 is 1.85 bits per heavy atom. The van der Waals surface area contributed by atoms with Gasteiger partial charge in [-0.3, -0.25) is 4.79 Å². The normalized spacial score (nSPS) is 11.5. The fourth-order valence-electron chi connectivity index (χ4n) is 1.57. The number of nitrogens with zero attached hydrogens (tertiary/aromatic N) is 1. The number of carbonyl (C=O) groups excluding carboxylic acids is 1. The molecule has 0 fully saturated rings. The van der Waals surface area contributed by atoms with Gasteiger partial charge in [0.05, 0.1) is 13.5 Å². The number of alkyl halides is 3. The minimum absolute atomic E-state index is 0.251. The Morgan fingerprint density at radius 3 is 2.35 bits per heavy atom. The van der Waals surface area contributed by atoms with E-state index in [9.17, 15) is 18.0 Å². The van der Waals surface area contributed by atoms with Crippen LogP contribution in [0.25, 0.3) is 0 Å². The van der Waals surface area contributed by atoms with Crippen molar-refractivity contribution in [2.75, 3.05) is 20.7 Å². The number of ether oxygens (including phenoxy) is 2. The highest BCUT2D eigenvalue weighted by Crippen LogP contribution is 2.22. The summed E-state index contributed by atoms with van der Waals surface area (Å²) in [7, 11) is 3.13. The Bertz CT molecular complexity index is 431. The molecule has 0 aromatic heterocycles. The molecule has 0 unspecified atom stereocenters. The van der Waals surface area contributed by atoms with E-state index in [0.29, 0.717) is 13.1 Å². The molecule has 4 nitrogen and oxygen atoms in total. The minimum Gasteiger partial charge on any atom is -0.469 e. The lowest BCUT2D eigenvalue weighted by atomic mass is 10.2. The zero-order chi connectivity index (χ0) is 15.2. The van der Waals surface area contributed by atoms with Gasteiger partial charge in [0.15, 0.2) is 0 Å². The molecule has 0 aliphatic carbocycles. The first kappa shape index (κ1) is 16.3. The molecule has 1 rings (SSSR count). The molecule has 20 heavy (non-hydrogen) atoms. The number of methoxy groups -OCH3 is 1. The van der Waals surface area contributed by atoms with Crippen molar-refractivity contribution in [3.05, 3.63) is 29.8 Å². The average molecular weight is 291 g/mol. The largest absolute Gasteiger partial charge is 0.573 e. The first-order valence-electron chi connectivity index (χ1n) is 5.90. The Kier molecular flexibility index (Phi) is 5.82. The van der Waals surface area contributed by atoms with Gasteiger partial charge in [0.1, 0.15) is 5.75 Å². The summed E-state index contributed by atoms with van der Waals surface area (Å²) < 4.78 is 44.3. The van der Waals surface area contributed by atoms with Crippen LogP contribution in [0.5, 0.6) is 5.75 Å². The molecule has 0 radical (unpaired) electrons. The fourth-order valence-corrected chi connectivity index (χ4v) is 1.57. The lowest BCUT2D eigenvalue weighted by Crippen LogP contribution is -2.22. The van der Waals surface area contributed by atoms with Crippen LogP contribution >= 0.6 is 0 Å². The number of esters is 1. The third kappa shape index (κ3) is 6.42. The SMILES string of the molecule is COC(=O)CCN(C)Cc1ccc(OC(F)(F)F)cc1. The summed E-state index contributed by atoms with van der Waals surface area (Å²) >= 11 is 0. The quantitative estimate of drug-likeness (QED) is 0.755. The van der Waals surface area contributed by atoms with Gasteiger partial charge in [0.25, 0.3) is 0 Å². The van der Waals surface area contributed by atoms with Crippen molar-refractivity contribution >= 4 is 5.97 Å². The number of hydrogen-bond acceptors (Lipinski definition) is 4. The van der Waals surface area contributed by atoms with Crippen molar-refractivity contribution in [1.82, 2.24) is 4.90 Å². The molecule has 0 aliphatic rings. The molecule has 0 spiro atoms. The van der Waals surface area contributed by atoms with E-state index in [-0.39, 0.29) is 18.1 Å². The Morgan fingerprint density at radius 1 is 1.25 bits per heavy atom. The molecular formula is C13H16F3NO3. The van der Waals surface area contributed by atoms with Crippen LogP contribution in [0.2, 0.25) is 0 Å². The maximum atomic E-state index is 12.0. The number of rotatable bonds is 6. The van der Waals surface area contributed by atoms with Crippen LogP contribution < -0.4 is 4.74 Å². The van der Waals surface area contributed by atoms with Crippen molar-refractivity contribution < 1.29 is 27.4 Å². The summed E-state index contributed by atoms with van der Waals surface area (Å²) in [4.78, 5) is 12.8. The smallest absolute Gasteiger partial charge is 0.469 e. The lowest BCUT2D eigenvalue weighted by molar-refractivity contribution is -0.274. The van der Waals surface area contributed by atoms with E-state index in [4.69, 9.17) is 0 Å². The zero-order valence-corrected chi connectivity index (χ0v) is 11.2. The van der Waals surface area contributed by atoms with E-state index in [2.05, 4.69) is 9.47 Å². The summed E-state index contributed by atoms with van der Waals surface area (Å²) in [5.74, 6) is -0.552. The Balaban J connectivity index is 2.46. The molecule has 1 aromatic rings. The van der Waals surface area contributed by atoms with E-state index in [0.717, 1.165) is 5.56 Å². The van der Waals surface area contributed by atoms with Gasteiger partial charge >= 0.3 is 12.3 Å². The standard InChI is InChI=1S/C13H16F3NO3/c1-17(8-7-12(18)19-2)9-10-3-5-11(6-4-10)20-13(14,15)16/h3-6H,7-9H2,1-2H3. The molecule has 0 amide bonds. The van der Waals surface area contributed by atoms with Crippen molar-refractivity contribution in [3.8, 4) is 5.75 Å². The van der Waals surface area contributed by atoms with Gasteiger partial charge in [-0.2, -0.15) is 0 Å². The predicted octanol–water partition coefficient (Wildman–Crippen LogP) is 2.58.